The van der Waals surface area contributed by atoms with Crippen molar-refractivity contribution in [3.8, 4) is 11.5 Å². The molecule has 0 spiro atoms. The van der Waals surface area contributed by atoms with Crippen LogP contribution < -0.4 is 10.1 Å². The maximum atomic E-state index is 9.07. The number of methoxy groups -OCH3 is 1. The molecule has 2 atom stereocenters. The van der Waals surface area contributed by atoms with E-state index in [2.05, 4.69) is 5.32 Å². The predicted molar refractivity (Wildman–Crippen MR) is 112 cm³/mol. The Morgan fingerprint density at radius 1 is 1.04 bits per heavy atom. The van der Waals surface area contributed by atoms with E-state index in [1.54, 1.807) is 31.3 Å². The second-order valence-corrected chi connectivity index (χ2v) is 4.93. The van der Waals surface area contributed by atoms with Crippen molar-refractivity contribution >= 4 is 0 Å². The molecule has 0 saturated heterocycles. The van der Waals surface area contributed by atoms with E-state index in [0.717, 1.165) is 6.54 Å². The summed E-state index contributed by atoms with van der Waals surface area (Å²) in [5, 5.41) is 37.4. The van der Waals surface area contributed by atoms with Gasteiger partial charge in [0.25, 0.3) is 0 Å². The molecule has 8 nitrogen and oxygen atoms in total. The smallest absolute Gasteiger partial charge is 0.175 e. The fourth-order valence-electron chi connectivity index (χ4n) is 1.59. The lowest BCUT2D eigenvalue weighted by atomic mass is 10.2. The Morgan fingerprint density at radius 2 is 1.57 bits per heavy atom. The summed E-state index contributed by atoms with van der Waals surface area (Å²) >= 11 is 0. The molecule has 0 heterocycles. The lowest BCUT2D eigenvalue weighted by Crippen LogP contribution is -2.33. The van der Waals surface area contributed by atoms with Crippen LogP contribution in [-0.2, 0) is 9.47 Å². The fourth-order valence-corrected chi connectivity index (χ4v) is 1.59. The fraction of sp³-hybridized carbons (Fsp3) is 0.700. The molecule has 0 amide bonds. The maximum absolute atomic E-state index is 9.07. The molecule has 28 heavy (non-hydrogen) atoms. The number of ether oxygens (including phenoxy) is 3. The zero-order valence-corrected chi connectivity index (χ0v) is 18.4. The van der Waals surface area contributed by atoms with Gasteiger partial charge in [-0.1, -0.05) is 27.7 Å². The van der Waals surface area contributed by atoms with Gasteiger partial charge in [-0.2, -0.15) is 0 Å². The predicted octanol–water partition coefficient (Wildman–Crippen LogP) is 1.75. The molecule has 0 aliphatic heterocycles. The van der Waals surface area contributed by atoms with E-state index in [4.69, 9.17) is 34.6 Å². The topological polar surface area (TPSA) is 121 Å². The first-order valence-electron chi connectivity index (χ1n) is 9.62. The van der Waals surface area contributed by atoms with Crippen molar-refractivity contribution in [3.05, 3.63) is 24.3 Å². The summed E-state index contributed by atoms with van der Waals surface area (Å²) in [5.74, 6) is 0.830. The van der Waals surface area contributed by atoms with Crippen molar-refractivity contribution in [1.29, 1.82) is 0 Å². The zero-order chi connectivity index (χ0) is 22.4. The Hall–Kier alpha value is -1.42. The number of hydrogen-bond acceptors (Lipinski definition) is 8. The third-order valence-electron chi connectivity index (χ3n) is 2.93. The first-order valence-corrected chi connectivity index (χ1v) is 9.62. The summed E-state index contributed by atoms with van der Waals surface area (Å²) in [7, 11) is 3.33. The molecule has 0 aliphatic rings. The molecule has 0 aromatic heterocycles. The van der Waals surface area contributed by atoms with E-state index in [1.807, 2.05) is 34.6 Å². The van der Waals surface area contributed by atoms with Gasteiger partial charge in [-0.3, -0.25) is 0 Å². The molecule has 0 aliphatic carbocycles. The van der Waals surface area contributed by atoms with Gasteiger partial charge in [-0.25, -0.2) is 0 Å². The number of rotatable bonds is 10. The summed E-state index contributed by atoms with van der Waals surface area (Å²) in [6.07, 6.45) is -1.94. The molecule has 0 radical (unpaired) electrons. The monoisotopic (exact) mass is 407 g/mol. The van der Waals surface area contributed by atoms with Gasteiger partial charge in [-0.15, -0.1) is 0 Å². The van der Waals surface area contributed by atoms with Crippen LogP contribution in [0, 0.1) is 0 Å². The number of aliphatic hydroxyl groups is 3. The van der Waals surface area contributed by atoms with E-state index in [9.17, 15) is 0 Å². The number of aromatic hydroxyl groups is 1. The van der Waals surface area contributed by atoms with Crippen LogP contribution in [0.1, 0.15) is 34.6 Å². The number of likely N-dealkylation sites (N-methyl/N-ethyl adjacent to an activating group) is 1. The average Bonchev–Trinajstić information content (AvgIpc) is 2.71. The summed E-state index contributed by atoms with van der Waals surface area (Å²) in [6, 6.07) is 6.41. The lowest BCUT2D eigenvalue weighted by Gasteiger charge is -2.21. The Balaban J connectivity index is -0.000000413. The van der Waals surface area contributed by atoms with Crippen molar-refractivity contribution in [2.75, 3.05) is 40.5 Å². The van der Waals surface area contributed by atoms with Crippen molar-refractivity contribution in [3.63, 3.8) is 0 Å². The molecule has 0 fully saturated rings. The van der Waals surface area contributed by atoms with Gasteiger partial charge in [0.15, 0.2) is 6.29 Å². The molecule has 168 valence electrons. The number of nitrogens with one attached hydrogen (secondary N) is 1. The molecular formula is C20H41NO7. The van der Waals surface area contributed by atoms with Crippen molar-refractivity contribution < 1.29 is 34.6 Å². The minimum atomic E-state index is -1.35. The van der Waals surface area contributed by atoms with Gasteiger partial charge in [0.05, 0.1) is 19.8 Å². The van der Waals surface area contributed by atoms with Crippen LogP contribution in [0.2, 0.25) is 0 Å². The Labute approximate surface area is 170 Å². The van der Waals surface area contributed by atoms with Gasteiger partial charge >= 0.3 is 0 Å². The van der Waals surface area contributed by atoms with Crippen molar-refractivity contribution in [2.24, 2.45) is 0 Å². The highest BCUT2D eigenvalue weighted by Crippen LogP contribution is 2.18. The Kier molecular flexibility index (Phi) is 26.4. The van der Waals surface area contributed by atoms with Crippen LogP contribution in [-0.4, -0.2) is 79.4 Å². The van der Waals surface area contributed by atoms with Crippen LogP contribution in [0.15, 0.2) is 24.3 Å². The standard InChI is InChI=1S/C11H16O4.C5H13NO3.2C2H6/c1-8(11(7-12)14-2)15-10-5-3-9(13)4-6-10;1-6-2-3-9-4-5(7)8;2*1-2/h3-6,8,11-13H,7H2,1-2H3;5-8H,2-4H2,1H3;2*1-2H3. The quantitative estimate of drug-likeness (QED) is 0.294. The Bertz CT molecular complexity index is 398. The van der Waals surface area contributed by atoms with Crippen molar-refractivity contribution in [2.45, 2.75) is 53.1 Å². The minimum absolute atomic E-state index is 0.0122. The zero-order valence-electron chi connectivity index (χ0n) is 18.4. The maximum Gasteiger partial charge on any atom is 0.175 e. The number of phenols is 1. The van der Waals surface area contributed by atoms with Crippen LogP contribution >= 0.6 is 0 Å². The SMILES string of the molecule is CC.CC.CNCCOCC(O)O.COC(CO)C(C)Oc1ccc(O)cc1. The number of benzene rings is 1. The summed E-state index contributed by atoms with van der Waals surface area (Å²) in [4.78, 5) is 0. The largest absolute Gasteiger partial charge is 0.508 e. The van der Waals surface area contributed by atoms with E-state index in [0.29, 0.717) is 12.4 Å². The highest BCUT2D eigenvalue weighted by atomic mass is 16.5. The first-order chi connectivity index (χ1) is 13.4. The Morgan fingerprint density at radius 3 is 1.96 bits per heavy atom. The second-order valence-electron chi connectivity index (χ2n) is 4.93. The lowest BCUT2D eigenvalue weighted by molar-refractivity contribution is -0.0938. The van der Waals surface area contributed by atoms with E-state index < -0.39 is 6.29 Å². The van der Waals surface area contributed by atoms with Crippen LogP contribution in [0.3, 0.4) is 0 Å². The molecule has 1 aromatic carbocycles. The molecule has 1 rings (SSSR count). The van der Waals surface area contributed by atoms with Gasteiger partial charge in [0, 0.05) is 13.7 Å². The van der Waals surface area contributed by atoms with Crippen molar-refractivity contribution in [1.82, 2.24) is 5.32 Å². The molecular weight excluding hydrogens is 366 g/mol. The third-order valence-corrected chi connectivity index (χ3v) is 2.93. The van der Waals surface area contributed by atoms with Gasteiger partial charge in [-0.05, 0) is 38.2 Å². The van der Waals surface area contributed by atoms with Crippen LogP contribution in [0.25, 0.3) is 0 Å². The molecule has 2 unspecified atom stereocenters. The highest BCUT2D eigenvalue weighted by molar-refractivity contribution is 5.30. The summed E-state index contributed by atoms with van der Waals surface area (Å²) < 4.78 is 15.3. The number of phenolic OH excluding ortho intramolecular Hbond substituents is 1. The normalized spacial score (nSPS) is 11.7. The highest BCUT2D eigenvalue weighted by Gasteiger charge is 2.17. The van der Waals surface area contributed by atoms with Crippen LogP contribution in [0.5, 0.6) is 11.5 Å². The van der Waals surface area contributed by atoms with E-state index in [1.165, 1.54) is 7.11 Å². The van der Waals surface area contributed by atoms with Gasteiger partial charge in [0.1, 0.15) is 23.7 Å². The minimum Gasteiger partial charge on any atom is -0.508 e. The van der Waals surface area contributed by atoms with Crippen LogP contribution in [0.4, 0.5) is 0 Å². The number of aliphatic hydroxyl groups excluding tert-OH is 2. The van der Waals surface area contributed by atoms with E-state index >= 15 is 0 Å². The molecule has 0 saturated carbocycles. The summed E-state index contributed by atoms with van der Waals surface area (Å²) in [6.45, 7) is 11.0. The van der Waals surface area contributed by atoms with Gasteiger partial charge in [0.2, 0.25) is 0 Å². The second kappa shape index (κ2) is 23.6. The van der Waals surface area contributed by atoms with E-state index in [-0.39, 0.29) is 31.2 Å². The number of hydrogen-bond donors (Lipinski definition) is 5. The molecule has 5 N–H and O–H groups in total. The summed E-state index contributed by atoms with van der Waals surface area (Å²) in [5.41, 5.74) is 0. The average molecular weight is 408 g/mol. The first kappa shape index (κ1) is 31.3. The van der Waals surface area contributed by atoms with Gasteiger partial charge < -0.3 is 40.0 Å². The molecule has 0 bridgehead atoms. The third kappa shape index (κ3) is 19.3. The molecule has 1 aromatic rings. The molecule has 8 heteroatoms.